The molecular formula is C15H25N5O. The van der Waals surface area contributed by atoms with Crippen molar-refractivity contribution < 1.29 is 4.79 Å². The van der Waals surface area contributed by atoms with Crippen LogP contribution in [0.4, 0.5) is 0 Å². The third kappa shape index (κ3) is 3.63. The van der Waals surface area contributed by atoms with Crippen LogP contribution in [-0.2, 0) is 11.3 Å². The molecule has 2 saturated heterocycles. The Bertz CT molecular complexity index is 480. The van der Waals surface area contributed by atoms with Gasteiger partial charge in [0.25, 0.3) is 0 Å². The molecule has 0 unspecified atom stereocenters. The van der Waals surface area contributed by atoms with E-state index >= 15 is 0 Å². The molecule has 116 valence electrons. The number of aromatic nitrogens is 2. The monoisotopic (exact) mass is 291 g/mol. The van der Waals surface area contributed by atoms with E-state index in [0.717, 1.165) is 51.4 Å². The lowest BCUT2D eigenvalue weighted by Crippen LogP contribution is -2.58. The Morgan fingerprint density at radius 2 is 2.38 bits per heavy atom. The number of carbonyl (C=O) groups excluding carboxylic acids is 1. The van der Waals surface area contributed by atoms with E-state index in [-0.39, 0.29) is 11.9 Å². The predicted molar refractivity (Wildman–Crippen MR) is 80.9 cm³/mol. The van der Waals surface area contributed by atoms with Crippen molar-refractivity contribution in [3.8, 4) is 0 Å². The van der Waals surface area contributed by atoms with Crippen molar-refractivity contribution in [2.45, 2.75) is 32.4 Å². The van der Waals surface area contributed by atoms with Crippen molar-refractivity contribution in [1.29, 1.82) is 0 Å². The maximum Gasteiger partial charge on any atom is 0.241 e. The van der Waals surface area contributed by atoms with Gasteiger partial charge in [-0.2, -0.15) is 0 Å². The lowest BCUT2D eigenvalue weighted by atomic mass is 9.97. The summed E-state index contributed by atoms with van der Waals surface area (Å²) in [6, 6.07) is -0.0482. The molecule has 2 aliphatic heterocycles. The van der Waals surface area contributed by atoms with Gasteiger partial charge in [0, 0.05) is 45.5 Å². The summed E-state index contributed by atoms with van der Waals surface area (Å²) in [5.74, 6) is 0.793. The zero-order chi connectivity index (χ0) is 14.7. The summed E-state index contributed by atoms with van der Waals surface area (Å²) >= 11 is 0. The maximum atomic E-state index is 12.6. The largest absolute Gasteiger partial charge is 0.341 e. The molecule has 1 aromatic rings. The zero-order valence-corrected chi connectivity index (χ0v) is 12.7. The second kappa shape index (κ2) is 6.58. The van der Waals surface area contributed by atoms with Gasteiger partial charge in [0.05, 0.1) is 18.1 Å². The van der Waals surface area contributed by atoms with Crippen LogP contribution in [0.1, 0.15) is 18.5 Å². The Morgan fingerprint density at radius 3 is 3.10 bits per heavy atom. The number of hydrogen-bond donors (Lipinski definition) is 2. The molecule has 0 aliphatic carbocycles. The van der Waals surface area contributed by atoms with Crippen LogP contribution >= 0.6 is 0 Å². The van der Waals surface area contributed by atoms with E-state index < -0.39 is 0 Å². The first-order valence-corrected chi connectivity index (χ1v) is 7.93. The van der Waals surface area contributed by atoms with Gasteiger partial charge in [-0.05, 0) is 25.7 Å². The van der Waals surface area contributed by atoms with E-state index in [9.17, 15) is 4.79 Å². The smallest absolute Gasteiger partial charge is 0.241 e. The molecule has 0 radical (unpaired) electrons. The molecule has 6 nitrogen and oxygen atoms in total. The van der Waals surface area contributed by atoms with Crippen molar-refractivity contribution >= 4 is 5.91 Å². The van der Waals surface area contributed by atoms with E-state index in [4.69, 9.17) is 0 Å². The molecule has 0 spiro atoms. The Kier molecular flexibility index (Phi) is 4.55. The fourth-order valence-corrected chi connectivity index (χ4v) is 3.33. The van der Waals surface area contributed by atoms with E-state index in [2.05, 4.69) is 26.4 Å². The summed E-state index contributed by atoms with van der Waals surface area (Å²) in [6.07, 6.45) is 6.26. The number of nitrogens with zero attached hydrogens (tertiary/aromatic N) is 3. The highest BCUT2D eigenvalue weighted by Gasteiger charge is 2.29. The van der Waals surface area contributed by atoms with Gasteiger partial charge in [0.1, 0.15) is 0 Å². The molecule has 6 heteroatoms. The topological polar surface area (TPSA) is 62.2 Å². The number of aryl methyl sites for hydroxylation is 1. The van der Waals surface area contributed by atoms with Crippen LogP contribution in [0.2, 0.25) is 0 Å². The highest BCUT2D eigenvalue weighted by molar-refractivity contribution is 5.82. The quantitative estimate of drug-likeness (QED) is 0.822. The number of likely N-dealkylation sites (tertiary alicyclic amines) is 1. The number of piperidine rings is 1. The number of carbonyl (C=O) groups is 1. The Balaban J connectivity index is 1.56. The number of amides is 1. The summed E-state index contributed by atoms with van der Waals surface area (Å²) in [6.45, 7) is 7.32. The van der Waals surface area contributed by atoms with Crippen molar-refractivity contribution in [2.24, 2.45) is 5.92 Å². The first kappa shape index (κ1) is 14.5. The maximum absolute atomic E-state index is 12.6. The Hall–Kier alpha value is -1.40. The number of hydrogen-bond acceptors (Lipinski definition) is 4. The molecule has 2 aliphatic rings. The molecule has 1 amide bonds. The molecule has 0 aromatic carbocycles. The van der Waals surface area contributed by atoms with Crippen molar-refractivity contribution in [3.63, 3.8) is 0 Å². The van der Waals surface area contributed by atoms with E-state index in [1.54, 1.807) is 0 Å². The highest BCUT2D eigenvalue weighted by Crippen LogP contribution is 2.19. The number of rotatable bonds is 3. The third-order valence-electron chi connectivity index (χ3n) is 4.40. The van der Waals surface area contributed by atoms with Crippen LogP contribution in [-0.4, -0.2) is 59.1 Å². The van der Waals surface area contributed by atoms with Gasteiger partial charge in [-0.25, -0.2) is 4.98 Å². The molecule has 0 bridgehead atoms. The van der Waals surface area contributed by atoms with Gasteiger partial charge >= 0.3 is 0 Å². The predicted octanol–water partition coefficient (Wildman–Crippen LogP) is -0.00848. The van der Waals surface area contributed by atoms with E-state index in [1.807, 2.05) is 18.2 Å². The molecule has 3 heterocycles. The Labute approximate surface area is 125 Å². The first-order chi connectivity index (χ1) is 10.2. The van der Waals surface area contributed by atoms with Crippen LogP contribution in [0.15, 0.2) is 12.5 Å². The molecule has 2 atom stereocenters. The average molecular weight is 291 g/mol. The molecule has 2 fully saturated rings. The number of piperazine rings is 1. The number of nitrogens with one attached hydrogen (secondary N) is 2. The van der Waals surface area contributed by atoms with E-state index in [1.165, 1.54) is 6.42 Å². The minimum atomic E-state index is -0.0482. The molecular weight excluding hydrogens is 266 g/mol. The summed E-state index contributed by atoms with van der Waals surface area (Å²) in [5.41, 5.74) is 1.05. The summed E-state index contributed by atoms with van der Waals surface area (Å²) in [5, 5.41) is 6.60. The van der Waals surface area contributed by atoms with Crippen LogP contribution in [0, 0.1) is 12.8 Å². The van der Waals surface area contributed by atoms with Crippen molar-refractivity contribution in [3.05, 3.63) is 18.2 Å². The molecule has 3 rings (SSSR count). The molecule has 1 aromatic heterocycles. The summed E-state index contributed by atoms with van der Waals surface area (Å²) in [7, 11) is 0. The van der Waals surface area contributed by atoms with Crippen molar-refractivity contribution in [2.75, 3.05) is 32.7 Å². The van der Waals surface area contributed by atoms with Gasteiger partial charge in [-0.1, -0.05) is 0 Å². The standard InChI is InChI=1S/C15H25N5O/c1-12-8-19(11-18-12)9-13-3-2-6-20(10-13)15(21)14-7-16-4-5-17-14/h8,11,13-14,16-17H,2-7,9-10H2,1H3/t13-,14-/m1/s1. The SMILES string of the molecule is Cc1cn(C[C@H]2CCCN(C(=O)[C@H]3CNCCN3)C2)cn1. The molecule has 21 heavy (non-hydrogen) atoms. The lowest BCUT2D eigenvalue weighted by molar-refractivity contribution is -0.135. The Morgan fingerprint density at radius 1 is 1.48 bits per heavy atom. The van der Waals surface area contributed by atoms with Gasteiger partial charge in [-0.3, -0.25) is 4.79 Å². The van der Waals surface area contributed by atoms with Crippen LogP contribution < -0.4 is 10.6 Å². The minimum absolute atomic E-state index is 0.0482. The van der Waals surface area contributed by atoms with Gasteiger partial charge < -0.3 is 20.1 Å². The van der Waals surface area contributed by atoms with Crippen LogP contribution in [0.3, 0.4) is 0 Å². The van der Waals surface area contributed by atoms with Crippen molar-refractivity contribution in [1.82, 2.24) is 25.1 Å². The third-order valence-corrected chi connectivity index (χ3v) is 4.40. The minimum Gasteiger partial charge on any atom is -0.341 e. The van der Waals surface area contributed by atoms with Crippen LogP contribution in [0.25, 0.3) is 0 Å². The average Bonchev–Trinajstić information content (AvgIpc) is 2.93. The molecule has 0 saturated carbocycles. The normalized spacial score (nSPS) is 26.8. The van der Waals surface area contributed by atoms with Gasteiger partial charge in [0.2, 0.25) is 5.91 Å². The van der Waals surface area contributed by atoms with Crippen LogP contribution in [0.5, 0.6) is 0 Å². The summed E-state index contributed by atoms with van der Waals surface area (Å²) in [4.78, 5) is 18.9. The van der Waals surface area contributed by atoms with Gasteiger partial charge in [-0.15, -0.1) is 0 Å². The first-order valence-electron chi connectivity index (χ1n) is 7.93. The second-order valence-electron chi connectivity index (χ2n) is 6.22. The van der Waals surface area contributed by atoms with E-state index in [0.29, 0.717) is 5.92 Å². The second-order valence-corrected chi connectivity index (χ2v) is 6.22. The lowest BCUT2D eigenvalue weighted by Gasteiger charge is -2.36. The van der Waals surface area contributed by atoms with Gasteiger partial charge in [0.15, 0.2) is 0 Å². The highest BCUT2D eigenvalue weighted by atomic mass is 16.2. The fourth-order valence-electron chi connectivity index (χ4n) is 3.33. The molecule has 2 N–H and O–H groups in total. The fraction of sp³-hybridized carbons (Fsp3) is 0.733. The summed E-state index contributed by atoms with van der Waals surface area (Å²) < 4.78 is 2.15. The zero-order valence-electron chi connectivity index (χ0n) is 12.7. The number of imidazole rings is 1.